The van der Waals surface area contributed by atoms with Crippen LogP contribution in [0.3, 0.4) is 0 Å². The number of carbonyl (C=O) groups is 2. The zero-order chi connectivity index (χ0) is 24.1. The summed E-state index contributed by atoms with van der Waals surface area (Å²) in [6.45, 7) is 3.86. The summed E-state index contributed by atoms with van der Waals surface area (Å²) in [5.74, 6) is 1.57. The summed E-state index contributed by atoms with van der Waals surface area (Å²) in [6.07, 6.45) is 0. The summed E-state index contributed by atoms with van der Waals surface area (Å²) in [6, 6.07) is 19.8. The molecule has 2 heterocycles. The van der Waals surface area contributed by atoms with Crippen molar-refractivity contribution in [2.45, 2.75) is 17.8 Å². The fourth-order valence-electron chi connectivity index (χ4n) is 3.81. The predicted molar refractivity (Wildman–Crippen MR) is 136 cm³/mol. The molecule has 0 saturated carbocycles. The van der Waals surface area contributed by atoms with Crippen LogP contribution in [-0.4, -0.2) is 71.9 Å². The minimum atomic E-state index is 0.00673. The highest BCUT2D eigenvalue weighted by atomic mass is 32.2. The van der Waals surface area contributed by atoms with E-state index in [-0.39, 0.29) is 11.8 Å². The molecule has 1 saturated heterocycles. The van der Waals surface area contributed by atoms with Gasteiger partial charge < -0.3 is 14.7 Å². The number of thioether (sulfide) groups is 1. The van der Waals surface area contributed by atoms with E-state index in [0.29, 0.717) is 42.7 Å². The quantitative estimate of drug-likeness (QED) is 0.399. The molecule has 7 nitrogen and oxygen atoms in total. The molecular weight excluding hydrogens is 446 g/mol. The fraction of sp³-hybridized carbons (Fsp3) is 0.308. The van der Waals surface area contributed by atoms with Gasteiger partial charge in [0, 0.05) is 70.1 Å². The Kier molecular flexibility index (Phi) is 7.47. The molecule has 34 heavy (non-hydrogen) atoms. The Balaban J connectivity index is 1.46. The van der Waals surface area contributed by atoms with Crippen molar-refractivity contribution in [2.75, 3.05) is 45.2 Å². The van der Waals surface area contributed by atoms with Crippen LogP contribution < -0.4 is 4.90 Å². The van der Waals surface area contributed by atoms with Gasteiger partial charge in [0.2, 0.25) is 5.91 Å². The average molecular weight is 476 g/mol. The number of benzene rings is 2. The van der Waals surface area contributed by atoms with Crippen molar-refractivity contribution in [2.24, 2.45) is 0 Å². The lowest BCUT2D eigenvalue weighted by atomic mass is 10.1. The lowest BCUT2D eigenvalue weighted by Gasteiger charge is -2.34. The molecule has 4 rings (SSSR count). The van der Waals surface area contributed by atoms with Gasteiger partial charge in [0.15, 0.2) is 5.16 Å². The van der Waals surface area contributed by atoms with Crippen LogP contribution in [0.25, 0.3) is 11.3 Å². The molecule has 176 valence electrons. The maximum atomic E-state index is 13.0. The third-order valence-corrected chi connectivity index (χ3v) is 6.69. The molecule has 0 radical (unpaired) electrons. The number of hydrogen-bond donors (Lipinski definition) is 0. The van der Waals surface area contributed by atoms with E-state index < -0.39 is 0 Å². The van der Waals surface area contributed by atoms with Crippen molar-refractivity contribution >= 4 is 29.4 Å². The van der Waals surface area contributed by atoms with Gasteiger partial charge in [-0.05, 0) is 17.7 Å². The van der Waals surface area contributed by atoms with E-state index >= 15 is 0 Å². The van der Waals surface area contributed by atoms with Gasteiger partial charge >= 0.3 is 0 Å². The van der Waals surface area contributed by atoms with Gasteiger partial charge in [0.1, 0.15) is 5.82 Å². The highest BCUT2D eigenvalue weighted by Gasteiger charge is 2.23. The van der Waals surface area contributed by atoms with E-state index in [9.17, 15) is 9.59 Å². The molecule has 0 aliphatic carbocycles. The van der Waals surface area contributed by atoms with Crippen LogP contribution in [0.15, 0.2) is 65.8 Å². The third kappa shape index (κ3) is 5.75. The number of carbonyl (C=O) groups excluding carboxylic acids is 2. The maximum absolute atomic E-state index is 13.0. The van der Waals surface area contributed by atoms with Crippen molar-refractivity contribution in [1.29, 1.82) is 0 Å². The van der Waals surface area contributed by atoms with Crippen LogP contribution in [0.1, 0.15) is 22.8 Å². The van der Waals surface area contributed by atoms with Crippen LogP contribution >= 0.6 is 11.8 Å². The van der Waals surface area contributed by atoms with Crippen LogP contribution in [-0.2, 0) is 10.5 Å². The van der Waals surface area contributed by atoms with Crippen LogP contribution in [0.5, 0.6) is 0 Å². The largest absolute Gasteiger partial charge is 0.363 e. The maximum Gasteiger partial charge on any atom is 0.253 e. The Morgan fingerprint density at radius 3 is 2.29 bits per heavy atom. The predicted octanol–water partition coefficient (Wildman–Crippen LogP) is 3.81. The highest BCUT2D eigenvalue weighted by Crippen LogP contribution is 2.27. The molecule has 0 atom stereocenters. The molecule has 1 aliphatic heterocycles. The molecule has 2 aromatic carbocycles. The second-order valence-electron chi connectivity index (χ2n) is 8.44. The van der Waals surface area contributed by atoms with Crippen LogP contribution in [0.4, 0.5) is 5.82 Å². The van der Waals surface area contributed by atoms with E-state index in [1.165, 1.54) is 0 Å². The molecule has 0 bridgehead atoms. The second-order valence-corrected chi connectivity index (χ2v) is 9.38. The van der Waals surface area contributed by atoms with Gasteiger partial charge in [0.25, 0.3) is 5.91 Å². The molecule has 8 heteroatoms. The van der Waals surface area contributed by atoms with Gasteiger partial charge in [-0.3, -0.25) is 9.59 Å². The molecule has 1 fully saturated rings. The first-order valence-corrected chi connectivity index (χ1v) is 12.3. The summed E-state index contributed by atoms with van der Waals surface area (Å²) in [5.41, 5.74) is 3.64. The second kappa shape index (κ2) is 10.7. The first kappa shape index (κ1) is 23.8. The summed E-state index contributed by atoms with van der Waals surface area (Å²) in [5, 5.41) is 0.696. The smallest absolute Gasteiger partial charge is 0.253 e. The monoisotopic (exact) mass is 475 g/mol. The average Bonchev–Trinajstić information content (AvgIpc) is 2.87. The summed E-state index contributed by atoms with van der Waals surface area (Å²) in [7, 11) is 3.94. The fourth-order valence-corrected chi connectivity index (χ4v) is 4.61. The Morgan fingerprint density at radius 1 is 0.912 bits per heavy atom. The van der Waals surface area contributed by atoms with E-state index in [0.717, 1.165) is 22.6 Å². The Bertz CT molecular complexity index is 1160. The van der Waals surface area contributed by atoms with E-state index in [1.807, 2.05) is 84.6 Å². The lowest BCUT2D eigenvalue weighted by Crippen LogP contribution is -2.50. The van der Waals surface area contributed by atoms with E-state index in [1.54, 1.807) is 23.6 Å². The lowest BCUT2D eigenvalue weighted by molar-refractivity contribution is -0.130. The minimum absolute atomic E-state index is 0.00673. The van der Waals surface area contributed by atoms with Crippen molar-refractivity contribution in [3.05, 3.63) is 71.8 Å². The molecule has 0 spiro atoms. The molecule has 0 unspecified atom stereocenters. The molecule has 1 aliphatic rings. The van der Waals surface area contributed by atoms with Gasteiger partial charge in [-0.15, -0.1) is 0 Å². The number of anilines is 1. The Morgan fingerprint density at radius 2 is 1.62 bits per heavy atom. The normalized spacial score (nSPS) is 13.6. The van der Waals surface area contributed by atoms with Gasteiger partial charge in [-0.1, -0.05) is 54.2 Å². The summed E-state index contributed by atoms with van der Waals surface area (Å²) >= 11 is 1.56. The van der Waals surface area contributed by atoms with E-state index in [4.69, 9.17) is 9.97 Å². The highest BCUT2D eigenvalue weighted by molar-refractivity contribution is 7.98. The van der Waals surface area contributed by atoms with Crippen molar-refractivity contribution in [3.63, 3.8) is 0 Å². The number of aromatic nitrogens is 2. The minimum Gasteiger partial charge on any atom is -0.363 e. The number of nitrogens with zero attached hydrogens (tertiary/aromatic N) is 5. The van der Waals surface area contributed by atoms with Gasteiger partial charge in [-0.25, -0.2) is 9.97 Å². The zero-order valence-electron chi connectivity index (χ0n) is 19.8. The first-order chi connectivity index (χ1) is 16.4. The number of hydrogen-bond acceptors (Lipinski definition) is 6. The summed E-state index contributed by atoms with van der Waals surface area (Å²) < 4.78 is 0. The van der Waals surface area contributed by atoms with Crippen molar-refractivity contribution in [1.82, 2.24) is 19.8 Å². The Hall–Kier alpha value is -3.39. The molecule has 2 amide bonds. The number of rotatable bonds is 6. The molecule has 1 aromatic heterocycles. The topological polar surface area (TPSA) is 69.6 Å². The van der Waals surface area contributed by atoms with Crippen molar-refractivity contribution in [3.8, 4) is 11.3 Å². The number of piperazine rings is 1. The molecular formula is C26H29N5O2S. The number of amides is 2. The van der Waals surface area contributed by atoms with Crippen LogP contribution in [0.2, 0.25) is 0 Å². The van der Waals surface area contributed by atoms with E-state index in [2.05, 4.69) is 0 Å². The van der Waals surface area contributed by atoms with Crippen LogP contribution in [0, 0.1) is 0 Å². The van der Waals surface area contributed by atoms with Gasteiger partial charge in [-0.2, -0.15) is 0 Å². The standard InChI is InChI=1S/C26H29N5O2S/c1-19(32)30-12-14-31(15-13-30)25(33)22-11-7-8-20(16-22)18-34-26-27-23(17-24(28-26)29(2)3)21-9-5-4-6-10-21/h4-11,16-17H,12-15,18H2,1-3H3. The van der Waals surface area contributed by atoms with Crippen molar-refractivity contribution < 1.29 is 9.59 Å². The summed E-state index contributed by atoms with van der Waals surface area (Å²) in [4.78, 5) is 39.6. The SMILES string of the molecule is CC(=O)N1CCN(C(=O)c2cccc(CSc3nc(-c4ccccc4)cc(N(C)C)n3)c2)CC1. The third-order valence-electron chi connectivity index (χ3n) is 5.77. The zero-order valence-corrected chi connectivity index (χ0v) is 20.6. The van der Waals surface area contributed by atoms with Gasteiger partial charge in [0.05, 0.1) is 5.69 Å². The Labute approximate surface area is 204 Å². The molecule has 3 aromatic rings. The molecule has 0 N–H and O–H groups in total. The first-order valence-electron chi connectivity index (χ1n) is 11.3.